The second kappa shape index (κ2) is 4.90. The van der Waals surface area contributed by atoms with Crippen molar-refractivity contribution in [2.75, 3.05) is 0 Å². The topological polar surface area (TPSA) is 42.0 Å². The van der Waals surface area contributed by atoms with Crippen LogP contribution in [0.4, 0.5) is 0 Å². The van der Waals surface area contributed by atoms with Crippen molar-refractivity contribution in [2.24, 2.45) is 0 Å². The van der Waals surface area contributed by atoms with Crippen LogP contribution in [0.3, 0.4) is 0 Å². The summed E-state index contributed by atoms with van der Waals surface area (Å²) in [6.45, 7) is 1.94. The summed E-state index contributed by atoms with van der Waals surface area (Å²) in [5.74, 6) is 0.127. The monoisotopic (exact) mass is 278 g/mol. The number of nitrogens with one attached hydrogen (secondary N) is 1. The Morgan fingerprint density at radius 2 is 2.28 bits per heavy atom. The average molecular weight is 278 g/mol. The zero-order valence-corrected chi connectivity index (χ0v) is 11.7. The van der Waals surface area contributed by atoms with Crippen LogP contribution < -0.4 is 5.32 Å². The minimum atomic E-state index is -0.0776. The molecule has 3 rings (SSSR count). The number of benzene rings is 1. The van der Waals surface area contributed by atoms with Gasteiger partial charge in [-0.1, -0.05) is 23.9 Å². The van der Waals surface area contributed by atoms with Crippen LogP contribution in [0.5, 0.6) is 0 Å². The molecule has 0 aliphatic heterocycles. The second-order valence-corrected chi connectivity index (χ2v) is 7.11. The van der Waals surface area contributed by atoms with Gasteiger partial charge in [-0.15, -0.1) is 11.3 Å². The van der Waals surface area contributed by atoms with E-state index in [1.165, 1.54) is 4.70 Å². The Morgan fingerprint density at radius 1 is 1.50 bits per heavy atom. The summed E-state index contributed by atoms with van der Waals surface area (Å²) in [6, 6.07) is 8.49. The maximum Gasteiger partial charge on any atom is 0.233 e. The molecule has 1 N–H and O–H groups in total. The van der Waals surface area contributed by atoms with Crippen molar-refractivity contribution in [1.29, 1.82) is 0 Å². The summed E-state index contributed by atoms with van der Waals surface area (Å²) in [5.41, 5.74) is 1.01. The molecule has 1 saturated carbocycles. The quantitative estimate of drug-likeness (QED) is 0.874. The third-order valence-corrected chi connectivity index (χ3v) is 5.08. The van der Waals surface area contributed by atoms with E-state index in [-0.39, 0.29) is 11.2 Å². The zero-order chi connectivity index (χ0) is 12.5. The standard InChI is InChI=1S/C13H14N2OS2/c1-8(12(16)14-9-6-7-9)17-13-15-10-4-2-3-5-11(10)18-13/h2-5,8-9H,6-7H2,1H3,(H,14,16). The van der Waals surface area contributed by atoms with Gasteiger partial charge in [0.1, 0.15) is 0 Å². The minimum Gasteiger partial charge on any atom is -0.352 e. The summed E-state index contributed by atoms with van der Waals surface area (Å²) in [5, 5.41) is 2.95. The van der Waals surface area contributed by atoms with E-state index in [1.54, 1.807) is 23.1 Å². The van der Waals surface area contributed by atoms with Crippen LogP contribution in [0.15, 0.2) is 28.6 Å². The first-order chi connectivity index (χ1) is 8.72. The lowest BCUT2D eigenvalue weighted by molar-refractivity contribution is -0.120. The van der Waals surface area contributed by atoms with Crippen LogP contribution in [0.25, 0.3) is 10.2 Å². The number of carbonyl (C=O) groups excluding carboxylic acids is 1. The Bertz CT molecular complexity index is 544. The largest absolute Gasteiger partial charge is 0.352 e. The Morgan fingerprint density at radius 3 is 3.00 bits per heavy atom. The fourth-order valence-electron chi connectivity index (χ4n) is 1.65. The van der Waals surface area contributed by atoms with Crippen LogP contribution in [-0.4, -0.2) is 22.2 Å². The van der Waals surface area contributed by atoms with Gasteiger partial charge >= 0.3 is 0 Å². The van der Waals surface area contributed by atoms with E-state index in [0.717, 1.165) is 22.7 Å². The number of carbonyl (C=O) groups is 1. The SMILES string of the molecule is CC(Sc1nc2ccccc2s1)C(=O)NC1CC1. The molecular formula is C13H14N2OS2. The highest BCUT2D eigenvalue weighted by Crippen LogP contribution is 2.32. The van der Waals surface area contributed by atoms with Gasteiger partial charge in [0.25, 0.3) is 0 Å². The molecule has 18 heavy (non-hydrogen) atoms. The highest BCUT2D eigenvalue weighted by atomic mass is 32.2. The van der Waals surface area contributed by atoms with E-state index in [2.05, 4.69) is 16.4 Å². The highest BCUT2D eigenvalue weighted by molar-refractivity contribution is 8.02. The highest BCUT2D eigenvalue weighted by Gasteiger charge is 2.26. The summed E-state index contributed by atoms with van der Waals surface area (Å²) < 4.78 is 2.14. The molecule has 1 amide bonds. The van der Waals surface area contributed by atoms with Gasteiger partial charge in [0.15, 0.2) is 4.34 Å². The summed E-state index contributed by atoms with van der Waals surface area (Å²) in [7, 11) is 0. The molecule has 1 atom stereocenters. The van der Waals surface area contributed by atoms with Crippen LogP contribution in [0, 0.1) is 0 Å². The van der Waals surface area contributed by atoms with Crippen molar-refractivity contribution in [3.63, 3.8) is 0 Å². The smallest absolute Gasteiger partial charge is 0.233 e. The molecule has 1 unspecified atom stereocenters. The van der Waals surface area contributed by atoms with E-state index in [4.69, 9.17) is 0 Å². The van der Waals surface area contributed by atoms with Crippen LogP contribution in [0.1, 0.15) is 19.8 Å². The average Bonchev–Trinajstić information content (AvgIpc) is 3.07. The molecule has 0 saturated heterocycles. The number of para-hydroxylation sites is 1. The van der Waals surface area contributed by atoms with Gasteiger partial charge in [0, 0.05) is 6.04 Å². The third kappa shape index (κ3) is 2.67. The number of fused-ring (bicyclic) bond motifs is 1. The fourth-order valence-corrected chi connectivity index (χ4v) is 3.87. The first-order valence-corrected chi connectivity index (χ1v) is 7.74. The Hall–Kier alpha value is -1.07. The number of thioether (sulfide) groups is 1. The lowest BCUT2D eigenvalue weighted by Gasteiger charge is -2.08. The van der Waals surface area contributed by atoms with Crippen LogP contribution >= 0.6 is 23.1 Å². The summed E-state index contributed by atoms with van der Waals surface area (Å²) >= 11 is 3.19. The predicted molar refractivity (Wildman–Crippen MR) is 76.1 cm³/mol. The molecule has 5 heteroatoms. The van der Waals surface area contributed by atoms with Crippen LogP contribution in [-0.2, 0) is 4.79 Å². The normalized spacial score (nSPS) is 16.7. The molecule has 1 aliphatic carbocycles. The van der Waals surface area contributed by atoms with Crippen molar-refractivity contribution in [3.8, 4) is 0 Å². The lowest BCUT2D eigenvalue weighted by atomic mass is 10.3. The van der Waals surface area contributed by atoms with E-state index in [9.17, 15) is 4.79 Å². The molecule has 0 radical (unpaired) electrons. The second-order valence-electron chi connectivity index (χ2n) is 4.49. The number of thiazole rings is 1. The Labute approximate surface area is 114 Å². The van der Waals surface area contributed by atoms with Crippen molar-refractivity contribution in [2.45, 2.75) is 35.4 Å². The van der Waals surface area contributed by atoms with Gasteiger partial charge in [0.05, 0.1) is 15.5 Å². The van der Waals surface area contributed by atoms with E-state index >= 15 is 0 Å². The van der Waals surface area contributed by atoms with Crippen LogP contribution in [0.2, 0.25) is 0 Å². The van der Waals surface area contributed by atoms with Gasteiger partial charge < -0.3 is 5.32 Å². The number of amides is 1. The number of hydrogen-bond acceptors (Lipinski definition) is 4. The molecule has 0 bridgehead atoms. The maximum atomic E-state index is 11.9. The molecule has 1 heterocycles. The first-order valence-electron chi connectivity index (χ1n) is 6.05. The number of rotatable bonds is 4. The number of aromatic nitrogens is 1. The van der Waals surface area contributed by atoms with E-state index in [0.29, 0.717) is 6.04 Å². The number of nitrogens with zero attached hydrogens (tertiary/aromatic N) is 1. The Kier molecular flexibility index (Phi) is 3.26. The molecule has 0 spiro atoms. The summed E-state index contributed by atoms with van der Waals surface area (Å²) in [6.07, 6.45) is 2.26. The molecule has 94 valence electrons. The van der Waals surface area contributed by atoms with Gasteiger partial charge in [-0.2, -0.15) is 0 Å². The molecule has 3 nitrogen and oxygen atoms in total. The van der Waals surface area contributed by atoms with Crippen molar-refractivity contribution >= 4 is 39.2 Å². The first kappa shape index (κ1) is 12.0. The minimum absolute atomic E-state index is 0.0776. The van der Waals surface area contributed by atoms with Crippen molar-refractivity contribution in [3.05, 3.63) is 24.3 Å². The van der Waals surface area contributed by atoms with Crippen molar-refractivity contribution < 1.29 is 4.79 Å². The molecule has 1 aromatic heterocycles. The van der Waals surface area contributed by atoms with E-state index < -0.39 is 0 Å². The third-order valence-electron chi connectivity index (χ3n) is 2.84. The molecule has 1 aromatic carbocycles. The number of hydrogen-bond donors (Lipinski definition) is 1. The zero-order valence-electron chi connectivity index (χ0n) is 10.1. The summed E-state index contributed by atoms with van der Waals surface area (Å²) in [4.78, 5) is 16.4. The molecule has 2 aromatic rings. The predicted octanol–water partition coefficient (Wildman–Crippen LogP) is 3.06. The maximum absolute atomic E-state index is 11.9. The van der Waals surface area contributed by atoms with Gasteiger partial charge in [-0.3, -0.25) is 4.79 Å². The molecular weight excluding hydrogens is 264 g/mol. The Balaban J connectivity index is 1.68. The fraction of sp³-hybridized carbons (Fsp3) is 0.385. The van der Waals surface area contributed by atoms with Crippen molar-refractivity contribution in [1.82, 2.24) is 10.3 Å². The molecule has 1 fully saturated rings. The molecule has 1 aliphatic rings. The lowest BCUT2D eigenvalue weighted by Crippen LogP contribution is -2.32. The van der Waals surface area contributed by atoms with Gasteiger partial charge in [0.2, 0.25) is 5.91 Å². The van der Waals surface area contributed by atoms with Gasteiger partial charge in [-0.05, 0) is 31.9 Å². The van der Waals surface area contributed by atoms with E-state index in [1.807, 2.05) is 25.1 Å². The van der Waals surface area contributed by atoms with Gasteiger partial charge in [-0.25, -0.2) is 4.98 Å².